The summed E-state index contributed by atoms with van der Waals surface area (Å²) < 4.78 is 6.13. The number of hydrogen-bond donors (Lipinski definition) is 6. The van der Waals surface area contributed by atoms with Gasteiger partial charge in [-0.25, -0.2) is 0 Å². The van der Waals surface area contributed by atoms with Gasteiger partial charge >= 0.3 is 0 Å². The molecule has 0 unspecified atom stereocenters. The Hall–Kier alpha value is -3.60. The highest BCUT2D eigenvalue weighted by molar-refractivity contribution is 5.86. The maximum atomic E-state index is 12.4. The number of hydrogen-bond acceptors (Lipinski definition) is 7. The SMILES string of the molecule is CC(=O)NC1=C(C=NC2CCC(C(=O)NCCCN=C(N)N)CC2)Oc2cccc(CCCN)c2N1. The molecule has 1 aliphatic heterocycles. The van der Waals surface area contributed by atoms with Crippen molar-refractivity contribution in [3.8, 4) is 5.75 Å². The smallest absolute Gasteiger partial charge is 0.223 e. The fourth-order valence-corrected chi connectivity index (χ4v) is 4.32. The molecule has 2 aliphatic rings. The van der Waals surface area contributed by atoms with Crippen molar-refractivity contribution in [3.63, 3.8) is 0 Å². The first kappa shape index (κ1) is 27.0. The zero-order valence-corrected chi connectivity index (χ0v) is 20.9. The average molecular weight is 499 g/mol. The van der Waals surface area contributed by atoms with Crippen LogP contribution in [0.25, 0.3) is 0 Å². The van der Waals surface area contributed by atoms with Crippen LogP contribution in [0.4, 0.5) is 5.69 Å². The number of ether oxygens (including phenoxy) is 1. The summed E-state index contributed by atoms with van der Waals surface area (Å²) in [6.07, 6.45) is 7.17. The number of rotatable bonds is 11. The number of fused-ring (bicyclic) bond motifs is 1. The largest absolute Gasteiger partial charge is 0.450 e. The van der Waals surface area contributed by atoms with Gasteiger partial charge in [0.05, 0.1) is 17.9 Å². The molecule has 36 heavy (non-hydrogen) atoms. The molecule has 1 aliphatic carbocycles. The molecule has 2 amide bonds. The molecular weight excluding hydrogens is 460 g/mol. The van der Waals surface area contributed by atoms with Crippen molar-refractivity contribution in [2.45, 2.75) is 57.9 Å². The monoisotopic (exact) mass is 498 g/mol. The van der Waals surface area contributed by atoms with E-state index < -0.39 is 0 Å². The van der Waals surface area contributed by atoms with Crippen LogP contribution in [-0.4, -0.2) is 49.7 Å². The second kappa shape index (κ2) is 13.5. The first-order valence-electron chi connectivity index (χ1n) is 12.5. The van der Waals surface area contributed by atoms with Gasteiger partial charge in [0, 0.05) is 25.9 Å². The van der Waals surface area contributed by atoms with E-state index in [2.05, 4.69) is 20.9 Å². The van der Waals surface area contributed by atoms with Gasteiger partial charge in [0.1, 0.15) is 0 Å². The molecule has 1 aromatic rings. The third kappa shape index (κ3) is 7.98. The van der Waals surface area contributed by atoms with Crippen molar-refractivity contribution < 1.29 is 14.3 Å². The van der Waals surface area contributed by atoms with E-state index >= 15 is 0 Å². The minimum absolute atomic E-state index is 0.0138. The highest BCUT2D eigenvalue weighted by atomic mass is 16.5. The van der Waals surface area contributed by atoms with Gasteiger partial charge in [-0.1, -0.05) is 12.1 Å². The van der Waals surface area contributed by atoms with Crippen molar-refractivity contribution in [3.05, 3.63) is 35.3 Å². The summed E-state index contributed by atoms with van der Waals surface area (Å²) in [6.45, 7) is 3.09. The van der Waals surface area contributed by atoms with E-state index in [0.717, 1.165) is 49.8 Å². The average Bonchev–Trinajstić information content (AvgIpc) is 2.85. The molecule has 1 saturated carbocycles. The number of aryl methyl sites for hydroxylation is 1. The van der Waals surface area contributed by atoms with Gasteiger partial charge in [-0.3, -0.25) is 19.6 Å². The van der Waals surface area contributed by atoms with Crippen molar-refractivity contribution in [2.75, 3.05) is 25.0 Å². The van der Waals surface area contributed by atoms with Gasteiger partial charge in [-0.05, 0) is 63.1 Å². The minimum Gasteiger partial charge on any atom is -0.450 e. The molecule has 1 aromatic carbocycles. The summed E-state index contributed by atoms with van der Waals surface area (Å²) >= 11 is 0. The Kier molecular flexibility index (Phi) is 10.1. The normalized spacial score (nSPS) is 19.2. The third-order valence-electron chi connectivity index (χ3n) is 6.18. The topological polar surface area (TPSA) is 182 Å². The molecule has 11 nitrogen and oxygen atoms in total. The summed E-state index contributed by atoms with van der Waals surface area (Å²) in [5.41, 5.74) is 18.2. The summed E-state index contributed by atoms with van der Waals surface area (Å²) in [5.74, 6) is 1.51. The lowest BCUT2D eigenvalue weighted by molar-refractivity contribution is -0.126. The number of benzene rings is 1. The number of nitrogens with zero attached hydrogens (tertiary/aromatic N) is 2. The number of anilines is 1. The second-order valence-electron chi connectivity index (χ2n) is 9.06. The molecule has 3 rings (SSSR count). The molecule has 0 saturated heterocycles. The fraction of sp³-hybridized carbons (Fsp3) is 0.520. The molecular formula is C25H38N8O3. The van der Waals surface area contributed by atoms with Gasteiger partial charge in [0.15, 0.2) is 23.3 Å². The van der Waals surface area contributed by atoms with E-state index in [4.69, 9.17) is 26.9 Å². The first-order valence-corrected chi connectivity index (χ1v) is 12.5. The maximum Gasteiger partial charge on any atom is 0.223 e. The number of carbonyl (C=O) groups excluding carboxylic acids is 2. The zero-order chi connectivity index (χ0) is 25.9. The van der Waals surface area contributed by atoms with Gasteiger partial charge in [-0.2, -0.15) is 0 Å². The van der Waals surface area contributed by atoms with Crippen molar-refractivity contribution in [2.24, 2.45) is 33.1 Å². The Morgan fingerprint density at radius 2 is 1.97 bits per heavy atom. The standard InChI is InChI=1S/C25H38N8O3/c1-16(34)32-23-21(36-20-7-2-5-17(6-3-12-26)22(20)33-23)15-31-19-10-8-18(9-11-19)24(35)29-13-4-14-30-25(27)28/h2,5,7,15,18-19,33H,3-4,6,8-14,26H2,1H3,(H,29,35)(H,32,34)(H4,27,28,30). The number of aliphatic imine (C=N–C) groups is 2. The lowest BCUT2D eigenvalue weighted by atomic mass is 9.85. The van der Waals surface area contributed by atoms with Crippen LogP contribution in [0.3, 0.4) is 0 Å². The summed E-state index contributed by atoms with van der Waals surface area (Å²) in [7, 11) is 0. The molecule has 9 N–H and O–H groups in total. The van der Waals surface area contributed by atoms with E-state index in [1.165, 1.54) is 6.92 Å². The molecule has 0 bridgehead atoms. The Morgan fingerprint density at radius 3 is 2.67 bits per heavy atom. The van der Waals surface area contributed by atoms with Crippen molar-refractivity contribution in [1.82, 2.24) is 10.6 Å². The van der Waals surface area contributed by atoms with E-state index in [-0.39, 0.29) is 29.7 Å². The Bertz CT molecular complexity index is 1010. The number of carbonyl (C=O) groups is 2. The number of allylic oxidation sites excluding steroid dienone is 1. The zero-order valence-electron chi connectivity index (χ0n) is 20.9. The maximum absolute atomic E-state index is 12.4. The molecule has 1 heterocycles. The summed E-state index contributed by atoms with van der Waals surface area (Å²) in [4.78, 5) is 32.9. The Morgan fingerprint density at radius 1 is 1.19 bits per heavy atom. The molecule has 0 radical (unpaired) electrons. The lowest BCUT2D eigenvalue weighted by Gasteiger charge is -2.27. The van der Waals surface area contributed by atoms with Gasteiger partial charge in [0.2, 0.25) is 11.8 Å². The van der Waals surface area contributed by atoms with E-state index in [9.17, 15) is 9.59 Å². The fourth-order valence-electron chi connectivity index (χ4n) is 4.32. The number of nitrogens with two attached hydrogens (primary N) is 3. The highest BCUT2D eigenvalue weighted by Crippen LogP contribution is 2.35. The highest BCUT2D eigenvalue weighted by Gasteiger charge is 2.26. The number of para-hydroxylation sites is 1. The molecule has 0 spiro atoms. The van der Waals surface area contributed by atoms with Gasteiger partial charge in [0.25, 0.3) is 0 Å². The van der Waals surface area contributed by atoms with E-state index in [1.54, 1.807) is 6.21 Å². The molecule has 11 heteroatoms. The Labute approximate surface area is 212 Å². The van der Waals surface area contributed by atoms with Gasteiger partial charge < -0.3 is 37.9 Å². The second-order valence-corrected chi connectivity index (χ2v) is 9.06. The summed E-state index contributed by atoms with van der Waals surface area (Å²) in [6, 6.07) is 5.93. The third-order valence-corrected chi connectivity index (χ3v) is 6.18. The van der Waals surface area contributed by atoms with E-state index in [1.807, 2.05) is 18.2 Å². The van der Waals surface area contributed by atoms with Crippen LogP contribution in [0.1, 0.15) is 51.0 Å². The summed E-state index contributed by atoms with van der Waals surface area (Å²) in [5, 5.41) is 9.09. The molecule has 196 valence electrons. The Balaban J connectivity index is 1.57. The van der Waals surface area contributed by atoms with Crippen LogP contribution in [0.15, 0.2) is 39.8 Å². The van der Waals surface area contributed by atoms with Crippen LogP contribution in [0, 0.1) is 5.92 Å². The number of amides is 2. The predicted molar refractivity (Wildman–Crippen MR) is 141 cm³/mol. The van der Waals surface area contributed by atoms with Crippen molar-refractivity contribution in [1.29, 1.82) is 0 Å². The van der Waals surface area contributed by atoms with Crippen LogP contribution in [0.2, 0.25) is 0 Å². The number of nitrogens with one attached hydrogen (secondary N) is 3. The van der Waals surface area contributed by atoms with Crippen molar-refractivity contribution >= 4 is 29.7 Å². The first-order chi connectivity index (χ1) is 17.4. The quantitative estimate of drug-likeness (QED) is 0.150. The molecule has 0 atom stereocenters. The van der Waals surface area contributed by atoms with Crippen LogP contribution < -0.4 is 37.9 Å². The minimum atomic E-state index is -0.209. The number of guanidine groups is 1. The lowest BCUT2D eigenvalue weighted by Crippen LogP contribution is -2.35. The van der Waals surface area contributed by atoms with Crippen LogP contribution in [-0.2, 0) is 16.0 Å². The van der Waals surface area contributed by atoms with Crippen LogP contribution in [0.5, 0.6) is 5.75 Å². The predicted octanol–water partition coefficient (Wildman–Crippen LogP) is 1.10. The van der Waals surface area contributed by atoms with Gasteiger partial charge in [-0.15, -0.1) is 0 Å². The molecule has 1 fully saturated rings. The van der Waals surface area contributed by atoms with E-state index in [0.29, 0.717) is 43.4 Å². The molecule has 0 aromatic heterocycles. The van der Waals surface area contributed by atoms with Crippen LogP contribution >= 0.6 is 0 Å².